The second-order valence-corrected chi connectivity index (χ2v) is 9.80. The van der Waals surface area contributed by atoms with Crippen molar-refractivity contribution in [3.8, 4) is 11.5 Å². The lowest BCUT2D eigenvalue weighted by Gasteiger charge is -2.29. The molecule has 0 aliphatic carbocycles. The number of halogens is 1. The number of nitrogens with one attached hydrogen (secondary N) is 3. The number of fused-ring (bicyclic) bond motifs is 2. The lowest BCUT2D eigenvalue weighted by molar-refractivity contribution is -0.130. The van der Waals surface area contributed by atoms with Crippen molar-refractivity contribution >= 4 is 46.6 Å². The van der Waals surface area contributed by atoms with Crippen LogP contribution in [0.15, 0.2) is 30.3 Å². The minimum absolute atomic E-state index is 0.0105. The van der Waals surface area contributed by atoms with Crippen molar-refractivity contribution in [2.24, 2.45) is 5.92 Å². The Balaban J connectivity index is 1.75. The van der Waals surface area contributed by atoms with Crippen LogP contribution < -0.4 is 25.4 Å². The van der Waals surface area contributed by atoms with Crippen LogP contribution >= 0.6 is 23.4 Å². The van der Waals surface area contributed by atoms with E-state index in [1.165, 1.54) is 0 Å². The Kier molecular flexibility index (Phi) is 6.79. The highest BCUT2D eigenvalue weighted by Crippen LogP contribution is 2.49. The predicted molar refractivity (Wildman–Crippen MR) is 133 cm³/mol. The number of hydrogen-bond acceptors (Lipinski definition) is 6. The van der Waals surface area contributed by atoms with Crippen molar-refractivity contribution in [3.63, 3.8) is 0 Å². The Labute approximate surface area is 202 Å². The zero-order chi connectivity index (χ0) is 23.8. The van der Waals surface area contributed by atoms with Gasteiger partial charge in [0.25, 0.3) is 0 Å². The van der Waals surface area contributed by atoms with Crippen molar-refractivity contribution < 1.29 is 19.1 Å². The van der Waals surface area contributed by atoms with Crippen LogP contribution in [0.3, 0.4) is 0 Å². The van der Waals surface area contributed by atoms with Gasteiger partial charge in [-0.3, -0.25) is 14.9 Å². The van der Waals surface area contributed by atoms with E-state index in [2.05, 4.69) is 16.0 Å². The van der Waals surface area contributed by atoms with Gasteiger partial charge in [-0.25, -0.2) is 0 Å². The van der Waals surface area contributed by atoms with Gasteiger partial charge in [-0.2, -0.15) is 11.8 Å². The summed E-state index contributed by atoms with van der Waals surface area (Å²) < 4.78 is 10.7. The summed E-state index contributed by atoms with van der Waals surface area (Å²) in [5, 5.41) is 10.0. The molecule has 1 saturated heterocycles. The molecule has 3 N–H and O–H groups in total. The summed E-state index contributed by atoms with van der Waals surface area (Å²) in [6.07, 6.45) is 3.42. The van der Waals surface area contributed by atoms with Gasteiger partial charge in [0.15, 0.2) is 0 Å². The van der Waals surface area contributed by atoms with E-state index in [-0.39, 0.29) is 17.9 Å². The van der Waals surface area contributed by atoms with Crippen LogP contribution in [0.1, 0.15) is 24.0 Å². The molecule has 0 unspecified atom stereocenters. The molecule has 2 heterocycles. The van der Waals surface area contributed by atoms with Crippen molar-refractivity contribution in [2.75, 3.05) is 36.9 Å². The highest BCUT2D eigenvalue weighted by atomic mass is 35.5. The number of methoxy groups -OCH3 is 2. The topological polar surface area (TPSA) is 88.7 Å². The van der Waals surface area contributed by atoms with E-state index in [0.29, 0.717) is 28.6 Å². The second-order valence-electron chi connectivity index (χ2n) is 8.37. The van der Waals surface area contributed by atoms with E-state index >= 15 is 0 Å². The van der Waals surface area contributed by atoms with E-state index in [0.717, 1.165) is 29.0 Å². The summed E-state index contributed by atoms with van der Waals surface area (Å²) in [6, 6.07) is 8.82. The maximum absolute atomic E-state index is 13.7. The Morgan fingerprint density at radius 3 is 2.76 bits per heavy atom. The van der Waals surface area contributed by atoms with Crippen LogP contribution in [0.2, 0.25) is 5.02 Å². The van der Waals surface area contributed by atoms with Gasteiger partial charge in [0.05, 0.1) is 25.8 Å². The number of amides is 2. The average molecular weight is 490 g/mol. The number of carbonyl (C=O) groups excluding carboxylic acids is 2. The van der Waals surface area contributed by atoms with Crippen LogP contribution in [-0.4, -0.2) is 44.1 Å². The van der Waals surface area contributed by atoms with Gasteiger partial charge < -0.3 is 20.1 Å². The highest BCUT2D eigenvalue weighted by molar-refractivity contribution is 7.98. The lowest BCUT2D eigenvalue weighted by atomic mass is 9.79. The molecule has 2 aromatic rings. The standard InChI is InChI=1S/C24H28ClN3O4S/c1-13-9-14(25)10-17-21(13)27-23(30)24(17)18(11-15(28-24)7-8-33-4)22(29)26-19-12-16(31-2)5-6-20(19)32-3/h5-6,9-10,12,15,18,28H,7-8,11H2,1-4H3,(H,26,29)(H,27,30)/t15-,18+,24-/m1/s1. The maximum Gasteiger partial charge on any atom is 0.250 e. The lowest BCUT2D eigenvalue weighted by Crippen LogP contribution is -2.52. The van der Waals surface area contributed by atoms with Crippen LogP contribution in [0.4, 0.5) is 11.4 Å². The van der Waals surface area contributed by atoms with Crippen molar-refractivity contribution in [3.05, 3.63) is 46.5 Å². The largest absolute Gasteiger partial charge is 0.497 e. The summed E-state index contributed by atoms with van der Waals surface area (Å²) in [5.74, 6) is 0.898. The molecule has 2 aromatic carbocycles. The van der Waals surface area contributed by atoms with Crippen LogP contribution in [-0.2, 0) is 15.1 Å². The average Bonchev–Trinajstić information content (AvgIpc) is 3.32. The number of hydrogen-bond donors (Lipinski definition) is 3. The molecular weight excluding hydrogens is 462 g/mol. The van der Waals surface area contributed by atoms with E-state index in [9.17, 15) is 9.59 Å². The molecule has 2 amide bonds. The molecule has 3 atom stereocenters. The molecule has 1 fully saturated rings. The maximum atomic E-state index is 13.7. The highest BCUT2D eigenvalue weighted by Gasteiger charge is 2.60. The fraction of sp³-hybridized carbons (Fsp3) is 0.417. The van der Waals surface area contributed by atoms with E-state index in [1.54, 1.807) is 50.2 Å². The Morgan fingerprint density at radius 1 is 1.27 bits per heavy atom. The summed E-state index contributed by atoms with van der Waals surface area (Å²) in [5.41, 5.74) is 1.61. The molecule has 0 saturated carbocycles. The summed E-state index contributed by atoms with van der Waals surface area (Å²) in [4.78, 5) is 27.2. The quantitative estimate of drug-likeness (QED) is 0.540. The molecule has 1 spiro atoms. The van der Waals surface area contributed by atoms with Gasteiger partial charge in [-0.15, -0.1) is 0 Å². The fourth-order valence-corrected chi connectivity index (χ4v) is 5.66. The van der Waals surface area contributed by atoms with E-state index in [1.807, 2.05) is 19.2 Å². The van der Waals surface area contributed by atoms with Gasteiger partial charge in [0.1, 0.15) is 17.0 Å². The van der Waals surface area contributed by atoms with Crippen LogP contribution in [0, 0.1) is 12.8 Å². The molecule has 0 radical (unpaired) electrons. The molecule has 0 aromatic heterocycles. The third-order valence-electron chi connectivity index (χ3n) is 6.45. The van der Waals surface area contributed by atoms with Crippen molar-refractivity contribution in [1.82, 2.24) is 5.32 Å². The molecule has 9 heteroatoms. The van der Waals surface area contributed by atoms with Crippen LogP contribution in [0.5, 0.6) is 11.5 Å². The predicted octanol–water partition coefficient (Wildman–Crippen LogP) is 4.18. The number of benzene rings is 2. The molecule has 4 rings (SSSR count). The monoisotopic (exact) mass is 489 g/mol. The van der Waals surface area contributed by atoms with Crippen LogP contribution in [0.25, 0.3) is 0 Å². The minimum atomic E-state index is -1.19. The third kappa shape index (κ3) is 4.16. The number of aryl methyl sites for hydroxylation is 1. The van der Waals surface area contributed by atoms with Gasteiger partial charge in [0.2, 0.25) is 11.8 Å². The number of anilines is 2. The summed E-state index contributed by atoms with van der Waals surface area (Å²) >= 11 is 8.13. The Bertz CT molecular complexity index is 1100. The van der Waals surface area contributed by atoms with Crippen molar-refractivity contribution in [2.45, 2.75) is 31.3 Å². The van der Waals surface area contributed by atoms with Gasteiger partial charge in [-0.05, 0) is 61.6 Å². The molecule has 0 bridgehead atoms. The Morgan fingerprint density at radius 2 is 2.06 bits per heavy atom. The Hall–Kier alpha value is -2.42. The third-order valence-corrected chi connectivity index (χ3v) is 7.31. The van der Waals surface area contributed by atoms with Gasteiger partial charge >= 0.3 is 0 Å². The molecular formula is C24H28ClN3O4S. The summed E-state index contributed by atoms with van der Waals surface area (Å²) in [7, 11) is 3.10. The number of carbonyl (C=O) groups is 2. The van der Waals surface area contributed by atoms with E-state index in [4.69, 9.17) is 21.1 Å². The first-order valence-electron chi connectivity index (χ1n) is 10.8. The molecule has 2 aliphatic rings. The minimum Gasteiger partial charge on any atom is -0.497 e. The molecule has 2 aliphatic heterocycles. The number of ether oxygens (including phenoxy) is 2. The zero-order valence-electron chi connectivity index (χ0n) is 19.1. The molecule has 176 valence electrons. The fourth-order valence-electron chi connectivity index (χ4n) is 4.87. The van der Waals surface area contributed by atoms with Gasteiger partial charge in [-0.1, -0.05) is 11.6 Å². The first kappa shape index (κ1) is 23.7. The smallest absolute Gasteiger partial charge is 0.250 e. The first-order valence-corrected chi connectivity index (χ1v) is 12.5. The first-order chi connectivity index (χ1) is 15.8. The second kappa shape index (κ2) is 9.44. The van der Waals surface area contributed by atoms with E-state index < -0.39 is 11.5 Å². The van der Waals surface area contributed by atoms with Gasteiger partial charge in [0, 0.05) is 28.4 Å². The SMILES string of the molecule is COc1ccc(OC)c(NC(=O)[C@@H]2C[C@@H](CCSC)N[C@@]23C(=O)Nc2c(C)cc(Cl)cc23)c1. The number of rotatable bonds is 7. The summed E-state index contributed by atoms with van der Waals surface area (Å²) in [6.45, 7) is 1.90. The van der Waals surface area contributed by atoms with Crippen molar-refractivity contribution in [1.29, 1.82) is 0 Å². The molecule has 33 heavy (non-hydrogen) atoms. The number of thioether (sulfide) groups is 1. The normalized spacial score (nSPS) is 23.4. The molecule has 7 nitrogen and oxygen atoms in total. The zero-order valence-corrected chi connectivity index (χ0v) is 20.7.